The molecule has 0 bridgehead atoms. The SMILES string of the molecule is CC(C)C[C@H](N)C(=O)N[C@@H](Cc1ccccc1)C(=O)CSCc1ccco1.Cl. The van der Waals surface area contributed by atoms with Crippen molar-refractivity contribution in [3.63, 3.8) is 0 Å². The van der Waals surface area contributed by atoms with Crippen LogP contribution in [-0.2, 0) is 21.8 Å². The molecule has 0 aliphatic rings. The molecule has 0 aliphatic heterocycles. The van der Waals surface area contributed by atoms with E-state index in [1.807, 2.05) is 56.3 Å². The summed E-state index contributed by atoms with van der Waals surface area (Å²) in [4.78, 5) is 25.2. The molecule has 1 heterocycles. The Morgan fingerprint density at radius 3 is 2.46 bits per heavy atom. The van der Waals surface area contributed by atoms with E-state index in [0.29, 0.717) is 30.3 Å². The van der Waals surface area contributed by atoms with Crippen LogP contribution < -0.4 is 11.1 Å². The number of halogens is 1. The molecule has 1 amide bonds. The molecule has 0 saturated heterocycles. The fourth-order valence-electron chi connectivity index (χ4n) is 2.74. The average molecular weight is 425 g/mol. The second-order valence-corrected chi connectivity index (χ2v) is 8.01. The third-order valence-electron chi connectivity index (χ3n) is 4.12. The summed E-state index contributed by atoms with van der Waals surface area (Å²) in [7, 11) is 0. The lowest BCUT2D eigenvalue weighted by molar-refractivity contribution is -0.127. The summed E-state index contributed by atoms with van der Waals surface area (Å²) in [6, 6.07) is 12.2. The molecular formula is C21H29ClN2O3S. The molecule has 7 heteroatoms. The van der Waals surface area contributed by atoms with Crippen molar-refractivity contribution in [2.24, 2.45) is 11.7 Å². The molecule has 0 fully saturated rings. The number of nitrogens with one attached hydrogen (secondary N) is 1. The van der Waals surface area contributed by atoms with Gasteiger partial charge in [0.1, 0.15) is 5.76 Å². The third-order valence-corrected chi connectivity index (χ3v) is 5.10. The van der Waals surface area contributed by atoms with Gasteiger partial charge in [0.05, 0.1) is 29.9 Å². The Balaban J connectivity index is 0.00000392. The first-order chi connectivity index (χ1) is 13.0. The van der Waals surface area contributed by atoms with Gasteiger partial charge in [0, 0.05) is 0 Å². The highest BCUT2D eigenvalue weighted by molar-refractivity contribution is 7.99. The number of hydrogen-bond donors (Lipinski definition) is 2. The second-order valence-electron chi connectivity index (χ2n) is 7.03. The predicted octanol–water partition coefficient (Wildman–Crippen LogP) is 3.60. The van der Waals surface area contributed by atoms with E-state index in [4.69, 9.17) is 10.2 Å². The molecule has 3 N–H and O–H groups in total. The monoisotopic (exact) mass is 424 g/mol. The van der Waals surface area contributed by atoms with Gasteiger partial charge in [0.25, 0.3) is 0 Å². The van der Waals surface area contributed by atoms with Gasteiger partial charge in [-0.2, -0.15) is 0 Å². The summed E-state index contributed by atoms with van der Waals surface area (Å²) < 4.78 is 5.29. The Labute approximate surface area is 177 Å². The summed E-state index contributed by atoms with van der Waals surface area (Å²) in [5.74, 6) is 1.79. The van der Waals surface area contributed by atoms with Crippen molar-refractivity contribution < 1.29 is 14.0 Å². The molecular weight excluding hydrogens is 396 g/mol. The van der Waals surface area contributed by atoms with Crippen LogP contribution in [0, 0.1) is 5.92 Å². The van der Waals surface area contributed by atoms with Gasteiger partial charge >= 0.3 is 0 Å². The molecule has 1 aromatic heterocycles. The second kappa shape index (κ2) is 12.6. The van der Waals surface area contributed by atoms with E-state index < -0.39 is 12.1 Å². The minimum atomic E-state index is -0.605. The number of benzene rings is 1. The first kappa shape index (κ1) is 24.3. The maximum atomic E-state index is 12.7. The van der Waals surface area contributed by atoms with Gasteiger partial charge < -0.3 is 15.5 Å². The molecule has 2 aromatic rings. The van der Waals surface area contributed by atoms with Crippen LogP contribution in [0.5, 0.6) is 0 Å². The maximum Gasteiger partial charge on any atom is 0.237 e. The van der Waals surface area contributed by atoms with Crippen molar-refractivity contribution in [2.45, 2.75) is 44.5 Å². The lowest BCUT2D eigenvalue weighted by atomic mass is 10.0. The molecule has 0 radical (unpaired) electrons. The number of Topliss-reactive ketones (excluding diaryl/α,β-unsaturated/α-hetero) is 1. The fraction of sp³-hybridized carbons (Fsp3) is 0.429. The van der Waals surface area contributed by atoms with E-state index in [1.54, 1.807) is 6.26 Å². The smallest absolute Gasteiger partial charge is 0.237 e. The van der Waals surface area contributed by atoms with Crippen LogP contribution in [0.4, 0.5) is 0 Å². The van der Waals surface area contributed by atoms with E-state index >= 15 is 0 Å². The molecule has 28 heavy (non-hydrogen) atoms. The Morgan fingerprint density at radius 2 is 1.86 bits per heavy atom. The Kier molecular flexibility index (Phi) is 11.0. The van der Waals surface area contributed by atoms with Gasteiger partial charge in [-0.3, -0.25) is 9.59 Å². The summed E-state index contributed by atoms with van der Waals surface area (Å²) in [6.45, 7) is 4.04. The number of hydrogen-bond acceptors (Lipinski definition) is 5. The summed E-state index contributed by atoms with van der Waals surface area (Å²) in [6.07, 6.45) is 2.67. The number of rotatable bonds is 11. The normalized spacial score (nSPS) is 12.9. The van der Waals surface area contributed by atoms with Crippen LogP contribution in [0.3, 0.4) is 0 Å². The Morgan fingerprint density at radius 1 is 1.14 bits per heavy atom. The largest absolute Gasteiger partial charge is 0.468 e. The van der Waals surface area contributed by atoms with Gasteiger partial charge in [0.15, 0.2) is 5.78 Å². The predicted molar refractivity (Wildman–Crippen MR) is 117 cm³/mol. The number of carbonyl (C=O) groups excluding carboxylic acids is 2. The van der Waals surface area contributed by atoms with Crippen molar-refractivity contribution in [2.75, 3.05) is 5.75 Å². The molecule has 154 valence electrons. The number of ketones is 1. The van der Waals surface area contributed by atoms with Gasteiger partial charge in [-0.25, -0.2) is 0 Å². The molecule has 0 spiro atoms. The van der Waals surface area contributed by atoms with E-state index in [1.165, 1.54) is 11.8 Å². The maximum absolute atomic E-state index is 12.7. The highest BCUT2D eigenvalue weighted by atomic mass is 35.5. The van der Waals surface area contributed by atoms with E-state index in [-0.39, 0.29) is 24.1 Å². The number of thioether (sulfide) groups is 1. The van der Waals surface area contributed by atoms with E-state index in [9.17, 15) is 9.59 Å². The first-order valence-electron chi connectivity index (χ1n) is 9.18. The van der Waals surface area contributed by atoms with Crippen LogP contribution in [0.25, 0.3) is 0 Å². The zero-order chi connectivity index (χ0) is 19.6. The standard InChI is InChI=1S/C21H28N2O3S.ClH/c1-15(2)11-18(22)21(25)23-19(12-16-7-4-3-5-8-16)20(24)14-27-13-17-9-6-10-26-17;/h3-10,15,18-19H,11-14,22H2,1-2H3,(H,23,25);1H/t18-,19-;/m0./s1. The van der Waals surface area contributed by atoms with Crippen LogP contribution in [-0.4, -0.2) is 29.5 Å². The van der Waals surface area contributed by atoms with Gasteiger partial charge in [-0.05, 0) is 36.5 Å². The minimum absolute atomic E-state index is 0. The van der Waals surface area contributed by atoms with Crippen molar-refractivity contribution in [1.29, 1.82) is 0 Å². The minimum Gasteiger partial charge on any atom is -0.468 e. The summed E-state index contributed by atoms with van der Waals surface area (Å²) >= 11 is 1.48. The first-order valence-corrected chi connectivity index (χ1v) is 10.3. The van der Waals surface area contributed by atoms with E-state index in [0.717, 1.165) is 11.3 Å². The number of amides is 1. The van der Waals surface area contributed by atoms with Crippen molar-refractivity contribution >= 4 is 35.9 Å². The van der Waals surface area contributed by atoms with Crippen LogP contribution in [0.2, 0.25) is 0 Å². The zero-order valence-corrected chi connectivity index (χ0v) is 17.9. The molecule has 1 aromatic carbocycles. The van der Waals surface area contributed by atoms with Gasteiger partial charge in [-0.15, -0.1) is 24.2 Å². The number of furan rings is 1. The summed E-state index contributed by atoms with van der Waals surface area (Å²) in [5, 5.41) is 2.86. The lowest BCUT2D eigenvalue weighted by Gasteiger charge is -2.21. The van der Waals surface area contributed by atoms with Gasteiger partial charge in [0.2, 0.25) is 5.91 Å². The van der Waals surface area contributed by atoms with Gasteiger partial charge in [-0.1, -0.05) is 44.2 Å². The molecule has 0 saturated carbocycles. The molecule has 0 aliphatic carbocycles. The number of nitrogens with two attached hydrogens (primary N) is 1. The van der Waals surface area contributed by atoms with E-state index in [2.05, 4.69) is 5.32 Å². The van der Waals surface area contributed by atoms with Crippen molar-refractivity contribution in [3.8, 4) is 0 Å². The third kappa shape index (κ3) is 8.50. The van der Waals surface area contributed by atoms with Crippen LogP contribution >= 0.6 is 24.2 Å². The topological polar surface area (TPSA) is 85.3 Å². The molecule has 0 unspecified atom stereocenters. The van der Waals surface area contributed by atoms with Crippen LogP contribution in [0.1, 0.15) is 31.6 Å². The quantitative estimate of drug-likeness (QED) is 0.575. The van der Waals surface area contributed by atoms with Crippen LogP contribution in [0.15, 0.2) is 53.1 Å². The highest BCUT2D eigenvalue weighted by Gasteiger charge is 2.24. The Hall–Kier alpha value is -1.76. The van der Waals surface area contributed by atoms with Crippen molar-refractivity contribution in [3.05, 3.63) is 60.1 Å². The van der Waals surface area contributed by atoms with Crippen molar-refractivity contribution in [1.82, 2.24) is 5.32 Å². The lowest BCUT2D eigenvalue weighted by Crippen LogP contribution is -2.50. The molecule has 2 atom stereocenters. The fourth-order valence-corrected chi connectivity index (χ4v) is 3.61. The average Bonchev–Trinajstić information content (AvgIpc) is 3.14. The molecule has 5 nitrogen and oxygen atoms in total. The number of carbonyl (C=O) groups is 2. The zero-order valence-electron chi connectivity index (χ0n) is 16.3. The Bertz CT molecular complexity index is 708. The molecule has 2 rings (SSSR count). The summed E-state index contributed by atoms with van der Waals surface area (Å²) in [5.41, 5.74) is 6.99. The highest BCUT2D eigenvalue weighted by Crippen LogP contribution is 2.14.